The van der Waals surface area contributed by atoms with Crippen LogP contribution in [0.1, 0.15) is 39.3 Å². The third-order valence-electron chi connectivity index (χ3n) is 2.59. The maximum absolute atomic E-state index is 4.26. The molecule has 2 nitrogen and oxygen atoms in total. The molecule has 0 saturated heterocycles. The molecule has 84 valence electrons. The summed E-state index contributed by atoms with van der Waals surface area (Å²) in [6, 6.07) is 4.59. The lowest BCUT2D eigenvalue weighted by Crippen LogP contribution is -2.16. The van der Waals surface area contributed by atoms with E-state index in [-0.39, 0.29) is 0 Å². The molecule has 1 aromatic heterocycles. The summed E-state index contributed by atoms with van der Waals surface area (Å²) >= 11 is 0. The number of aryl methyl sites for hydroxylation is 1. The maximum atomic E-state index is 4.26. The van der Waals surface area contributed by atoms with E-state index in [1.165, 1.54) is 12.8 Å². The van der Waals surface area contributed by atoms with Gasteiger partial charge in [0.15, 0.2) is 0 Å². The molecule has 0 aliphatic heterocycles. The smallest absolute Gasteiger partial charge is 0.0603 e. The summed E-state index contributed by atoms with van der Waals surface area (Å²) in [6.45, 7) is 8.80. The number of nitrogens with one attached hydrogen (secondary N) is 1. The lowest BCUT2D eigenvalue weighted by atomic mass is 10.0. The summed E-state index contributed by atoms with van der Waals surface area (Å²) < 4.78 is 0. The van der Waals surface area contributed by atoms with Crippen molar-refractivity contribution >= 4 is 5.69 Å². The number of rotatable bonds is 5. The fourth-order valence-corrected chi connectivity index (χ4v) is 1.56. The van der Waals surface area contributed by atoms with Crippen molar-refractivity contribution in [2.45, 2.75) is 46.6 Å². The van der Waals surface area contributed by atoms with Gasteiger partial charge >= 0.3 is 0 Å². The van der Waals surface area contributed by atoms with E-state index in [4.69, 9.17) is 0 Å². The van der Waals surface area contributed by atoms with Crippen LogP contribution >= 0.6 is 0 Å². The van der Waals surface area contributed by atoms with Crippen molar-refractivity contribution < 1.29 is 0 Å². The Kier molecular flexibility index (Phi) is 4.60. The minimum atomic E-state index is 0.523. The Hall–Kier alpha value is -1.05. The van der Waals surface area contributed by atoms with Gasteiger partial charge in [-0.15, -0.1) is 0 Å². The Morgan fingerprint density at radius 1 is 1.27 bits per heavy atom. The molecule has 1 rings (SSSR count). The predicted molar refractivity (Wildman–Crippen MR) is 66.1 cm³/mol. The van der Waals surface area contributed by atoms with E-state index in [0.29, 0.717) is 6.04 Å². The molecule has 1 aromatic rings. The summed E-state index contributed by atoms with van der Waals surface area (Å²) in [5.41, 5.74) is 2.24. The van der Waals surface area contributed by atoms with Crippen LogP contribution in [-0.4, -0.2) is 11.0 Å². The number of anilines is 1. The Morgan fingerprint density at radius 2 is 2.00 bits per heavy atom. The molecular weight excluding hydrogens is 184 g/mol. The van der Waals surface area contributed by atoms with Crippen LogP contribution in [0.15, 0.2) is 18.3 Å². The average Bonchev–Trinajstić information content (AvgIpc) is 2.18. The van der Waals surface area contributed by atoms with Crippen molar-refractivity contribution in [1.82, 2.24) is 4.98 Å². The molecule has 0 unspecified atom stereocenters. The lowest BCUT2D eigenvalue weighted by Gasteiger charge is -2.17. The van der Waals surface area contributed by atoms with Crippen LogP contribution in [0.5, 0.6) is 0 Å². The normalized spacial score (nSPS) is 12.9. The van der Waals surface area contributed by atoms with Gasteiger partial charge in [-0.05, 0) is 44.7 Å². The fraction of sp³-hybridized carbons (Fsp3) is 0.615. The SMILES string of the molecule is Cc1ncccc1N[C@H](C)CCC(C)C. The van der Waals surface area contributed by atoms with E-state index >= 15 is 0 Å². The van der Waals surface area contributed by atoms with E-state index in [9.17, 15) is 0 Å². The van der Waals surface area contributed by atoms with Gasteiger partial charge in [-0.25, -0.2) is 0 Å². The first-order valence-electron chi connectivity index (χ1n) is 5.77. The molecule has 0 aliphatic rings. The lowest BCUT2D eigenvalue weighted by molar-refractivity contribution is 0.527. The highest BCUT2D eigenvalue weighted by Gasteiger charge is 2.05. The first-order chi connectivity index (χ1) is 7.09. The summed E-state index contributed by atoms with van der Waals surface area (Å²) in [5.74, 6) is 0.782. The van der Waals surface area contributed by atoms with Gasteiger partial charge in [0.25, 0.3) is 0 Å². The van der Waals surface area contributed by atoms with Crippen LogP contribution in [0.3, 0.4) is 0 Å². The second-order valence-corrected chi connectivity index (χ2v) is 4.65. The number of aromatic nitrogens is 1. The average molecular weight is 206 g/mol. The highest BCUT2D eigenvalue weighted by Crippen LogP contribution is 2.15. The van der Waals surface area contributed by atoms with Crippen LogP contribution in [0.25, 0.3) is 0 Å². The topological polar surface area (TPSA) is 24.9 Å². The zero-order valence-electron chi connectivity index (χ0n) is 10.2. The Morgan fingerprint density at radius 3 is 2.60 bits per heavy atom. The Labute approximate surface area is 93.1 Å². The molecule has 0 fully saturated rings. The second kappa shape index (κ2) is 5.74. The molecule has 0 radical (unpaired) electrons. The molecule has 15 heavy (non-hydrogen) atoms. The zero-order chi connectivity index (χ0) is 11.3. The fourth-order valence-electron chi connectivity index (χ4n) is 1.56. The summed E-state index contributed by atoms with van der Waals surface area (Å²) in [6.07, 6.45) is 4.32. The van der Waals surface area contributed by atoms with Gasteiger partial charge in [0, 0.05) is 12.2 Å². The van der Waals surface area contributed by atoms with Gasteiger partial charge in [0.1, 0.15) is 0 Å². The molecule has 0 aliphatic carbocycles. The van der Waals surface area contributed by atoms with Crippen LogP contribution in [-0.2, 0) is 0 Å². The summed E-state index contributed by atoms with van der Waals surface area (Å²) in [5, 5.41) is 3.50. The monoisotopic (exact) mass is 206 g/mol. The number of nitrogens with zero attached hydrogens (tertiary/aromatic N) is 1. The van der Waals surface area contributed by atoms with Gasteiger partial charge in [-0.3, -0.25) is 4.98 Å². The molecule has 2 heteroatoms. The van der Waals surface area contributed by atoms with Crippen LogP contribution in [0.4, 0.5) is 5.69 Å². The minimum absolute atomic E-state index is 0.523. The standard InChI is InChI=1S/C13H22N2/c1-10(2)7-8-11(3)15-13-6-5-9-14-12(13)4/h5-6,9-11,15H,7-8H2,1-4H3/t11-/m1/s1. The molecular formula is C13H22N2. The predicted octanol–water partition coefficient (Wildman–Crippen LogP) is 3.63. The van der Waals surface area contributed by atoms with E-state index in [1.54, 1.807) is 0 Å². The molecule has 0 amide bonds. The Bertz CT molecular complexity index is 294. The quantitative estimate of drug-likeness (QED) is 0.795. The van der Waals surface area contributed by atoms with E-state index in [1.807, 2.05) is 19.2 Å². The first kappa shape index (κ1) is 12.0. The number of hydrogen-bond acceptors (Lipinski definition) is 2. The van der Waals surface area contributed by atoms with Crippen molar-refractivity contribution in [2.24, 2.45) is 5.92 Å². The Balaban J connectivity index is 2.44. The highest BCUT2D eigenvalue weighted by atomic mass is 14.9. The van der Waals surface area contributed by atoms with Crippen molar-refractivity contribution in [3.63, 3.8) is 0 Å². The van der Waals surface area contributed by atoms with Crippen LogP contribution in [0.2, 0.25) is 0 Å². The van der Waals surface area contributed by atoms with Gasteiger partial charge in [0.2, 0.25) is 0 Å². The zero-order valence-corrected chi connectivity index (χ0v) is 10.2. The van der Waals surface area contributed by atoms with E-state index in [2.05, 4.69) is 37.1 Å². The van der Waals surface area contributed by atoms with Gasteiger partial charge < -0.3 is 5.32 Å². The highest BCUT2D eigenvalue weighted by molar-refractivity contribution is 5.47. The van der Waals surface area contributed by atoms with Crippen molar-refractivity contribution in [3.8, 4) is 0 Å². The van der Waals surface area contributed by atoms with Gasteiger partial charge in [-0.2, -0.15) is 0 Å². The van der Waals surface area contributed by atoms with Gasteiger partial charge in [-0.1, -0.05) is 13.8 Å². The molecule has 0 spiro atoms. The van der Waals surface area contributed by atoms with E-state index in [0.717, 1.165) is 17.3 Å². The van der Waals surface area contributed by atoms with E-state index < -0.39 is 0 Å². The number of pyridine rings is 1. The largest absolute Gasteiger partial charge is 0.381 e. The molecule has 0 bridgehead atoms. The summed E-state index contributed by atoms with van der Waals surface area (Å²) in [7, 11) is 0. The molecule has 0 saturated carbocycles. The summed E-state index contributed by atoms with van der Waals surface area (Å²) in [4.78, 5) is 4.26. The van der Waals surface area contributed by atoms with Gasteiger partial charge in [0.05, 0.1) is 11.4 Å². The third-order valence-corrected chi connectivity index (χ3v) is 2.59. The van der Waals surface area contributed by atoms with Crippen molar-refractivity contribution in [3.05, 3.63) is 24.0 Å². The molecule has 1 atom stereocenters. The first-order valence-corrected chi connectivity index (χ1v) is 5.77. The van der Waals surface area contributed by atoms with Crippen molar-refractivity contribution in [1.29, 1.82) is 0 Å². The van der Waals surface area contributed by atoms with Crippen LogP contribution < -0.4 is 5.32 Å². The van der Waals surface area contributed by atoms with Crippen LogP contribution in [0, 0.1) is 12.8 Å². The molecule has 1 heterocycles. The van der Waals surface area contributed by atoms with Crippen molar-refractivity contribution in [2.75, 3.05) is 5.32 Å². The maximum Gasteiger partial charge on any atom is 0.0603 e. The number of hydrogen-bond donors (Lipinski definition) is 1. The molecule has 1 N–H and O–H groups in total. The minimum Gasteiger partial charge on any atom is -0.381 e. The molecule has 0 aromatic carbocycles. The second-order valence-electron chi connectivity index (χ2n) is 4.65. The third kappa shape index (κ3) is 4.32.